The van der Waals surface area contributed by atoms with Crippen LogP contribution in [0.2, 0.25) is 0 Å². The highest BCUT2D eigenvalue weighted by Gasteiger charge is 2.05. The Kier molecular flexibility index (Phi) is 8.79. The summed E-state index contributed by atoms with van der Waals surface area (Å²) in [5.74, 6) is 0. The molecule has 1 nitrogen and oxygen atoms in total. The highest BCUT2D eigenvalue weighted by Crippen LogP contribution is 2.06. The predicted molar refractivity (Wildman–Crippen MR) is 67.9 cm³/mol. The second kappa shape index (κ2) is 9.47. The van der Waals surface area contributed by atoms with Crippen LogP contribution in [-0.4, -0.2) is 12.2 Å². The normalized spacial score (nSPS) is 17.3. The summed E-state index contributed by atoms with van der Waals surface area (Å²) in [6.07, 6.45) is 16.3. The molecule has 0 amide bonds. The van der Waals surface area contributed by atoms with Crippen LogP contribution in [0.25, 0.3) is 0 Å². The van der Waals surface area contributed by atoms with Gasteiger partial charge in [-0.05, 0) is 27.7 Å². The van der Waals surface area contributed by atoms with E-state index in [1.54, 1.807) is 0 Å². The third-order valence-electron chi connectivity index (χ3n) is 1.84. The van der Waals surface area contributed by atoms with Crippen molar-refractivity contribution < 1.29 is 4.74 Å². The van der Waals surface area contributed by atoms with E-state index in [2.05, 4.69) is 0 Å². The van der Waals surface area contributed by atoms with Crippen LogP contribution in [-0.2, 0) is 4.74 Å². The molecule has 0 saturated heterocycles. The second-order valence-electron chi connectivity index (χ2n) is 3.17. The Hall–Kier alpha value is -1.08. The lowest BCUT2D eigenvalue weighted by Gasteiger charge is -2.15. The molecule has 0 radical (unpaired) electrons. The Morgan fingerprint density at radius 1 is 0.600 bits per heavy atom. The molecule has 2 unspecified atom stereocenters. The number of hydrogen-bond acceptors (Lipinski definition) is 1. The Morgan fingerprint density at radius 2 is 0.867 bits per heavy atom. The van der Waals surface area contributed by atoms with E-state index < -0.39 is 0 Å². The molecule has 0 aliphatic carbocycles. The monoisotopic (exact) mass is 206 g/mol. The Balaban J connectivity index is 4.45. The topological polar surface area (TPSA) is 9.23 Å². The van der Waals surface area contributed by atoms with Gasteiger partial charge in [0.1, 0.15) is 0 Å². The van der Waals surface area contributed by atoms with E-state index in [0.29, 0.717) is 0 Å². The van der Waals surface area contributed by atoms with Crippen molar-refractivity contribution in [3.63, 3.8) is 0 Å². The lowest BCUT2D eigenvalue weighted by Crippen LogP contribution is -2.15. The summed E-state index contributed by atoms with van der Waals surface area (Å²) in [5.41, 5.74) is 0. The molecule has 0 aromatic heterocycles. The Labute approximate surface area is 93.8 Å². The molecule has 0 rings (SSSR count). The molecule has 0 aliphatic rings. The first-order valence-electron chi connectivity index (χ1n) is 5.45. The Bertz CT molecular complexity index is 196. The first-order chi connectivity index (χ1) is 7.28. The van der Waals surface area contributed by atoms with Crippen LogP contribution in [0.3, 0.4) is 0 Å². The average molecular weight is 206 g/mol. The highest BCUT2D eigenvalue weighted by molar-refractivity contribution is 5.06. The summed E-state index contributed by atoms with van der Waals surface area (Å²) < 4.78 is 5.86. The van der Waals surface area contributed by atoms with Gasteiger partial charge in [-0.1, -0.05) is 48.6 Å². The smallest absolute Gasteiger partial charge is 0.0949 e. The third kappa shape index (κ3) is 6.92. The fourth-order valence-corrected chi connectivity index (χ4v) is 1.25. The van der Waals surface area contributed by atoms with Gasteiger partial charge in [-0.25, -0.2) is 0 Å². The van der Waals surface area contributed by atoms with Crippen molar-refractivity contribution in [1.29, 1.82) is 0 Å². The molecule has 0 heterocycles. The molecule has 1 heteroatoms. The van der Waals surface area contributed by atoms with Gasteiger partial charge >= 0.3 is 0 Å². The maximum Gasteiger partial charge on any atom is 0.0949 e. The molecule has 2 atom stereocenters. The molecule has 0 aromatic rings. The summed E-state index contributed by atoms with van der Waals surface area (Å²) in [6, 6.07) is 0. The van der Waals surface area contributed by atoms with E-state index in [1.165, 1.54) is 0 Å². The van der Waals surface area contributed by atoms with Gasteiger partial charge in [0, 0.05) is 0 Å². The molecular formula is C14H22O. The average Bonchev–Trinajstić information content (AvgIpc) is 2.19. The van der Waals surface area contributed by atoms with E-state index in [0.717, 1.165) is 0 Å². The molecule has 0 saturated carbocycles. The zero-order valence-corrected chi connectivity index (χ0v) is 10.2. The SMILES string of the molecule is C/C=C\C(/C=C/C)OC(/C=C\C)/C=C/C. The molecule has 15 heavy (non-hydrogen) atoms. The van der Waals surface area contributed by atoms with Crippen LogP contribution in [0.4, 0.5) is 0 Å². The minimum Gasteiger partial charge on any atom is -0.359 e. The van der Waals surface area contributed by atoms with Crippen LogP contribution in [0.1, 0.15) is 27.7 Å². The van der Waals surface area contributed by atoms with Crippen LogP contribution in [0.5, 0.6) is 0 Å². The fraction of sp³-hybridized carbons (Fsp3) is 0.429. The van der Waals surface area contributed by atoms with Gasteiger partial charge in [-0.3, -0.25) is 0 Å². The van der Waals surface area contributed by atoms with E-state index in [4.69, 9.17) is 4.74 Å². The number of allylic oxidation sites excluding steroid dienone is 4. The second-order valence-corrected chi connectivity index (χ2v) is 3.17. The van der Waals surface area contributed by atoms with Crippen LogP contribution < -0.4 is 0 Å². The summed E-state index contributed by atoms with van der Waals surface area (Å²) in [7, 11) is 0. The van der Waals surface area contributed by atoms with Crippen molar-refractivity contribution >= 4 is 0 Å². The molecule has 0 fully saturated rings. The lowest BCUT2D eigenvalue weighted by molar-refractivity contribution is 0.0960. The van der Waals surface area contributed by atoms with E-state index in [-0.39, 0.29) is 12.2 Å². The van der Waals surface area contributed by atoms with Crippen LogP contribution >= 0.6 is 0 Å². The van der Waals surface area contributed by atoms with Crippen molar-refractivity contribution in [3.8, 4) is 0 Å². The van der Waals surface area contributed by atoms with Crippen molar-refractivity contribution in [2.24, 2.45) is 0 Å². The summed E-state index contributed by atoms with van der Waals surface area (Å²) in [5, 5.41) is 0. The zero-order valence-electron chi connectivity index (χ0n) is 10.2. The summed E-state index contributed by atoms with van der Waals surface area (Å²) in [6.45, 7) is 8.00. The van der Waals surface area contributed by atoms with Gasteiger partial charge in [0.05, 0.1) is 12.2 Å². The molecule has 0 spiro atoms. The van der Waals surface area contributed by atoms with Gasteiger partial charge in [0.25, 0.3) is 0 Å². The third-order valence-corrected chi connectivity index (χ3v) is 1.84. The lowest BCUT2D eigenvalue weighted by atomic mass is 10.2. The van der Waals surface area contributed by atoms with E-state index in [1.807, 2.05) is 76.3 Å². The number of hydrogen-bond donors (Lipinski definition) is 0. The molecule has 0 aliphatic heterocycles. The zero-order chi connectivity index (χ0) is 11.5. The summed E-state index contributed by atoms with van der Waals surface area (Å²) >= 11 is 0. The van der Waals surface area contributed by atoms with Crippen molar-refractivity contribution in [3.05, 3.63) is 48.6 Å². The molecule has 0 aromatic carbocycles. The highest BCUT2D eigenvalue weighted by atomic mass is 16.5. The minimum absolute atomic E-state index is 0.0531. The maximum absolute atomic E-state index is 5.86. The van der Waals surface area contributed by atoms with Crippen molar-refractivity contribution in [2.45, 2.75) is 39.9 Å². The van der Waals surface area contributed by atoms with Gasteiger partial charge < -0.3 is 4.74 Å². The van der Waals surface area contributed by atoms with Gasteiger partial charge in [-0.2, -0.15) is 0 Å². The van der Waals surface area contributed by atoms with Crippen molar-refractivity contribution in [1.82, 2.24) is 0 Å². The Morgan fingerprint density at radius 3 is 1.07 bits per heavy atom. The van der Waals surface area contributed by atoms with Crippen LogP contribution in [0.15, 0.2) is 48.6 Å². The quantitative estimate of drug-likeness (QED) is 0.596. The maximum atomic E-state index is 5.86. The van der Waals surface area contributed by atoms with Gasteiger partial charge in [0.15, 0.2) is 0 Å². The van der Waals surface area contributed by atoms with Crippen molar-refractivity contribution in [2.75, 3.05) is 0 Å². The summed E-state index contributed by atoms with van der Waals surface area (Å²) in [4.78, 5) is 0. The molecule has 0 bridgehead atoms. The minimum atomic E-state index is 0.0531. The predicted octanol–water partition coefficient (Wildman–Crippen LogP) is 4.04. The first kappa shape index (κ1) is 13.9. The molecule has 84 valence electrons. The standard InChI is InChI=1S/C14H22O/c1-5-9-13(10-6-2)15-14(11-7-3)12-8-4/h5-14H,1-4H3/b9-5-,10-6+,11-7-,12-8+. The van der Waals surface area contributed by atoms with E-state index in [9.17, 15) is 0 Å². The first-order valence-corrected chi connectivity index (χ1v) is 5.45. The number of rotatable bonds is 6. The van der Waals surface area contributed by atoms with Gasteiger partial charge in [0.2, 0.25) is 0 Å². The van der Waals surface area contributed by atoms with Crippen LogP contribution in [0, 0.1) is 0 Å². The molecule has 0 N–H and O–H groups in total. The van der Waals surface area contributed by atoms with E-state index >= 15 is 0 Å². The largest absolute Gasteiger partial charge is 0.359 e. The fourth-order valence-electron chi connectivity index (χ4n) is 1.25. The molecular weight excluding hydrogens is 184 g/mol. The van der Waals surface area contributed by atoms with Gasteiger partial charge in [-0.15, -0.1) is 0 Å². The number of ether oxygens (including phenoxy) is 1.